The van der Waals surface area contributed by atoms with Crippen LogP contribution in [0.2, 0.25) is 5.02 Å². The van der Waals surface area contributed by atoms with Gasteiger partial charge in [-0.3, -0.25) is 15.2 Å². The molecule has 4 rings (SSSR count). The van der Waals surface area contributed by atoms with Gasteiger partial charge in [-0.1, -0.05) is 42.0 Å². The van der Waals surface area contributed by atoms with Crippen molar-refractivity contribution in [1.82, 2.24) is 20.4 Å². The zero-order valence-electron chi connectivity index (χ0n) is 13.9. The Labute approximate surface area is 152 Å². The average molecular weight is 357 g/mol. The number of aromatic amines is 1. The molecule has 0 spiro atoms. The van der Waals surface area contributed by atoms with Crippen molar-refractivity contribution >= 4 is 17.5 Å². The van der Waals surface area contributed by atoms with Crippen molar-refractivity contribution in [1.29, 1.82) is 0 Å². The second-order valence-electron chi connectivity index (χ2n) is 6.60. The number of halogens is 1. The maximum atomic E-state index is 12.4. The molecule has 1 fully saturated rings. The summed E-state index contributed by atoms with van der Waals surface area (Å²) in [5.74, 6) is 0.591. The highest BCUT2D eigenvalue weighted by Gasteiger charge is 2.29. The van der Waals surface area contributed by atoms with Crippen molar-refractivity contribution in [2.75, 3.05) is 19.6 Å². The molecule has 0 radical (unpaired) electrons. The fourth-order valence-corrected chi connectivity index (χ4v) is 3.83. The first kappa shape index (κ1) is 16.4. The molecule has 5 nitrogen and oxygen atoms in total. The van der Waals surface area contributed by atoms with Crippen LogP contribution in [0.3, 0.4) is 0 Å². The van der Waals surface area contributed by atoms with Gasteiger partial charge in [0.15, 0.2) is 0 Å². The van der Waals surface area contributed by atoms with Gasteiger partial charge in [-0.25, -0.2) is 0 Å². The molecular weight excluding hydrogens is 336 g/mol. The summed E-state index contributed by atoms with van der Waals surface area (Å²) >= 11 is 6.26. The number of rotatable bonds is 3. The molecular formula is C19H21ClN4O. The second kappa shape index (κ2) is 7.02. The largest absolute Gasteiger partial charge is 0.341 e. The van der Waals surface area contributed by atoms with E-state index < -0.39 is 0 Å². The number of aromatic nitrogens is 2. The lowest BCUT2D eigenvalue weighted by Gasteiger charge is -2.32. The van der Waals surface area contributed by atoms with Crippen LogP contribution in [-0.4, -0.2) is 46.7 Å². The molecule has 0 saturated carbocycles. The SMILES string of the molecule is O=C([C@H]1C=CCN1)N1CCC(c2cc(-c3ccccc3Cl)n[nH]2)CC1. The van der Waals surface area contributed by atoms with Gasteiger partial charge < -0.3 is 4.90 Å². The third kappa shape index (κ3) is 3.34. The van der Waals surface area contributed by atoms with E-state index in [4.69, 9.17) is 11.6 Å². The Morgan fingerprint density at radius 1 is 1.24 bits per heavy atom. The van der Waals surface area contributed by atoms with E-state index in [1.807, 2.05) is 41.3 Å². The number of carbonyl (C=O) groups is 1. The van der Waals surface area contributed by atoms with E-state index in [1.54, 1.807) is 0 Å². The zero-order chi connectivity index (χ0) is 17.2. The lowest BCUT2D eigenvalue weighted by Crippen LogP contribution is -2.46. The highest BCUT2D eigenvalue weighted by Crippen LogP contribution is 2.31. The lowest BCUT2D eigenvalue weighted by atomic mass is 9.93. The van der Waals surface area contributed by atoms with Crippen LogP contribution < -0.4 is 5.32 Å². The monoisotopic (exact) mass is 356 g/mol. The Morgan fingerprint density at radius 2 is 2.04 bits per heavy atom. The number of hydrogen-bond donors (Lipinski definition) is 2. The van der Waals surface area contributed by atoms with E-state index in [1.165, 1.54) is 0 Å². The van der Waals surface area contributed by atoms with Crippen LogP contribution in [-0.2, 0) is 4.79 Å². The summed E-state index contributed by atoms with van der Waals surface area (Å²) < 4.78 is 0. The van der Waals surface area contributed by atoms with Crippen molar-refractivity contribution < 1.29 is 4.79 Å². The topological polar surface area (TPSA) is 61.0 Å². The fraction of sp³-hybridized carbons (Fsp3) is 0.368. The quantitative estimate of drug-likeness (QED) is 0.831. The molecule has 0 unspecified atom stereocenters. The summed E-state index contributed by atoms with van der Waals surface area (Å²) in [5.41, 5.74) is 2.94. The van der Waals surface area contributed by atoms with Crippen molar-refractivity contribution in [3.63, 3.8) is 0 Å². The number of carbonyl (C=O) groups excluding carboxylic acids is 1. The molecule has 2 aliphatic heterocycles. The predicted molar refractivity (Wildman–Crippen MR) is 98.5 cm³/mol. The number of nitrogens with one attached hydrogen (secondary N) is 2. The van der Waals surface area contributed by atoms with E-state index in [9.17, 15) is 4.79 Å². The maximum absolute atomic E-state index is 12.4. The molecule has 130 valence electrons. The Morgan fingerprint density at radius 3 is 2.76 bits per heavy atom. The van der Waals surface area contributed by atoms with Gasteiger partial charge in [0.1, 0.15) is 6.04 Å². The molecule has 1 aromatic heterocycles. The molecule has 1 atom stereocenters. The number of benzene rings is 1. The zero-order valence-corrected chi connectivity index (χ0v) is 14.7. The summed E-state index contributed by atoms with van der Waals surface area (Å²) in [7, 11) is 0. The number of likely N-dealkylation sites (tertiary alicyclic amines) is 1. The van der Waals surface area contributed by atoms with Crippen molar-refractivity contribution in [3.05, 3.63) is 53.2 Å². The summed E-state index contributed by atoms with van der Waals surface area (Å²) in [4.78, 5) is 14.4. The predicted octanol–water partition coefficient (Wildman–Crippen LogP) is 2.96. The van der Waals surface area contributed by atoms with Gasteiger partial charge in [-0.2, -0.15) is 5.10 Å². The smallest absolute Gasteiger partial charge is 0.243 e. The van der Waals surface area contributed by atoms with Crippen molar-refractivity contribution in [2.24, 2.45) is 0 Å². The van der Waals surface area contributed by atoms with Gasteiger partial charge in [0, 0.05) is 36.8 Å². The van der Waals surface area contributed by atoms with Gasteiger partial charge in [0.05, 0.1) is 10.7 Å². The molecule has 0 bridgehead atoms. The first-order chi connectivity index (χ1) is 12.2. The van der Waals surface area contributed by atoms with Crippen molar-refractivity contribution in [3.8, 4) is 11.3 Å². The third-order valence-electron chi connectivity index (χ3n) is 5.04. The molecule has 6 heteroatoms. The molecule has 2 aromatic rings. The molecule has 1 amide bonds. The van der Waals surface area contributed by atoms with Crippen LogP contribution in [0.4, 0.5) is 0 Å². The Hall–Kier alpha value is -2.11. The van der Waals surface area contributed by atoms with Gasteiger partial charge in [0.2, 0.25) is 5.91 Å². The first-order valence-electron chi connectivity index (χ1n) is 8.71. The van der Waals surface area contributed by atoms with E-state index in [0.29, 0.717) is 10.9 Å². The summed E-state index contributed by atoms with van der Waals surface area (Å²) in [6.07, 6.45) is 5.87. The minimum atomic E-state index is -0.143. The van der Waals surface area contributed by atoms with Crippen LogP contribution in [0.1, 0.15) is 24.5 Å². The van der Waals surface area contributed by atoms with Crippen molar-refractivity contribution in [2.45, 2.75) is 24.8 Å². The number of piperidine rings is 1. The van der Waals surface area contributed by atoms with Crippen LogP contribution in [0, 0.1) is 0 Å². The van der Waals surface area contributed by atoms with E-state index in [-0.39, 0.29) is 11.9 Å². The number of nitrogens with zero attached hydrogens (tertiary/aromatic N) is 2. The third-order valence-corrected chi connectivity index (χ3v) is 5.37. The van der Waals surface area contributed by atoms with Gasteiger partial charge in [-0.15, -0.1) is 0 Å². The number of H-pyrrole nitrogens is 1. The van der Waals surface area contributed by atoms with E-state index >= 15 is 0 Å². The first-order valence-corrected chi connectivity index (χ1v) is 9.09. The molecule has 3 heterocycles. The standard InChI is InChI=1S/C19H21ClN4O/c20-15-5-2-1-4-14(15)18-12-17(22-23-18)13-7-10-24(11-8-13)19(25)16-6-3-9-21-16/h1-6,12-13,16,21H,7-11H2,(H,22,23)/t16-/m1/s1. The van der Waals surface area contributed by atoms with Crippen LogP contribution >= 0.6 is 11.6 Å². The molecule has 1 saturated heterocycles. The highest BCUT2D eigenvalue weighted by molar-refractivity contribution is 6.33. The summed E-state index contributed by atoms with van der Waals surface area (Å²) in [6.45, 7) is 2.36. The minimum absolute atomic E-state index is 0.143. The molecule has 2 aliphatic rings. The number of amides is 1. The average Bonchev–Trinajstić information content (AvgIpc) is 3.34. The van der Waals surface area contributed by atoms with Gasteiger partial charge in [0.25, 0.3) is 0 Å². The normalized spacial score (nSPS) is 21.0. The molecule has 1 aromatic carbocycles. The number of hydrogen-bond acceptors (Lipinski definition) is 3. The molecule has 2 N–H and O–H groups in total. The summed E-state index contributed by atoms with van der Waals surface area (Å²) in [6, 6.07) is 9.68. The maximum Gasteiger partial charge on any atom is 0.243 e. The highest BCUT2D eigenvalue weighted by atomic mass is 35.5. The summed E-state index contributed by atoms with van der Waals surface area (Å²) in [5, 5.41) is 11.5. The molecule has 0 aliphatic carbocycles. The van der Waals surface area contributed by atoms with Crippen LogP contribution in [0.15, 0.2) is 42.5 Å². The van der Waals surface area contributed by atoms with Crippen LogP contribution in [0.25, 0.3) is 11.3 Å². The lowest BCUT2D eigenvalue weighted by molar-refractivity contribution is -0.133. The van der Waals surface area contributed by atoms with E-state index in [0.717, 1.165) is 49.4 Å². The fourth-order valence-electron chi connectivity index (χ4n) is 3.60. The van der Waals surface area contributed by atoms with Gasteiger partial charge >= 0.3 is 0 Å². The molecule has 25 heavy (non-hydrogen) atoms. The Kier molecular flexibility index (Phi) is 4.59. The Balaban J connectivity index is 1.41. The van der Waals surface area contributed by atoms with Crippen LogP contribution in [0.5, 0.6) is 0 Å². The van der Waals surface area contributed by atoms with E-state index in [2.05, 4.69) is 21.6 Å². The van der Waals surface area contributed by atoms with Gasteiger partial charge in [-0.05, 0) is 25.0 Å². The Bertz CT molecular complexity index is 792. The second-order valence-corrected chi connectivity index (χ2v) is 7.01. The minimum Gasteiger partial charge on any atom is -0.341 e.